The first kappa shape index (κ1) is 66.5. The molecule has 0 N–H and O–H groups in total. The topological polar surface area (TPSA) is 17.1 Å². The van der Waals surface area contributed by atoms with Gasteiger partial charge in [0.1, 0.15) is 31.8 Å². The van der Waals surface area contributed by atoms with E-state index in [1.54, 1.807) is 25.7 Å². The minimum absolute atomic E-state index is 0.0133. The van der Waals surface area contributed by atoms with E-state index < -0.39 is 29.1 Å². The van der Waals surface area contributed by atoms with Gasteiger partial charge in [-0.3, -0.25) is 0 Å². The zero-order chi connectivity index (χ0) is 61.2. The second kappa shape index (κ2) is 29.7. The van der Waals surface area contributed by atoms with Gasteiger partial charge in [0.2, 0.25) is 0 Å². The number of Topliss-reactive ketones (excluding diaryl/α,β-unsaturated/α-hetero) is 1. The molecule has 0 heterocycles. The summed E-state index contributed by atoms with van der Waals surface area (Å²) in [6, 6.07) is 86.1. The monoisotopic (exact) mass is 1310 g/mol. The molecule has 5 unspecified atom stereocenters. The van der Waals surface area contributed by atoms with Crippen LogP contribution in [0.15, 0.2) is 249 Å². The van der Waals surface area contributed by atoms with Gasteiger partial charge in [0.15, 0.2) is 0 Å². The number of carbonyl (C=O) groups is 1. The van der Waals surface area contributed by atoms with Crippen LogP contribution in [0.5, 0.6) is 0 Å². The first-order valence-corrected chi connectivity index (χ1v) is 36.6. The van der Waals surface area contributed by atoms with Gasteiger partial charge < -0.3 is 0 Å². The van der Waals surface area contributed by atoms with Crippen molar-refractivity contribution >= 4 is 65.5 Å². The summed E-state index contributed by atoms with van der Waals surface area (Å²) >= 11 is 2.50. The molecule has 0 amide bonds. The first-order chi connectivity index (χ1) is 41.2. The van der Waals surface area contributed by atoms with Gasteiger partial charge in [-0.2, -0.15) is 0 Å². The molecule has 13 rings (SSSR count). The molecule has 0 spiro atoms. The fourth-order valence-corrected chi connectivity index (χ4v) is 19.7. The molecule has 5 fully saturated rings. The van der Waals surface area contributed by atoms with Crippen LogP contribution in [0.2, 0.25) is 0 Å². The van der Waals surface area contributed by atoms with Crippen LogP contribution >= 0.6 is 23.7 Å². The molecule has 11 heteroatoms. The van der Waals surface area contributed by atoms with Gasteiger partial charge in [0, 0.05) is 0 Å². The first-order valence-electron chi connectivity index (χ1n) is 30.7. The molecule has 0 aromatic heterocycles. The zero-order valence-corrected chi connectivity index (χ0v) is 54.5. The van der Waals surface area contributed by atoms with E-state index in [4.69, 9.17) is 0 Å². The number of ketones is 1. The number of allylic oxidation sites excluding steroid dienone is 1. The number of hydrogen-bond donors (Lipinski definition) is 0. The summed E-state index contributed by atoms with van der Waals surface area (Å²) in [4.78, 5) is 13.9. The Hall–Kier alpha value is -5.43. The van der Waals surface area contributed by atoms with E-state index >= 15 is 0 Å². The molecule has 0 saturated heterocycles. The summed E-state index contributed by atoms with van der Waals surface area (Å²) in [5, 5.41) is 8.61. The van der Waals surface area contributed by atoms with E-state index in [1.807, 2.05) is 12.1 Å². The second-order valence-electron chi connectivity index (χ2n) is 24.3. The van der Waals surface area contributed by atoms with Crippen molar-refractivity contribution in [3.8, 4) is 0 Å². The molecular weight excluding hydrogens is 1220 g/mol. The quantitative estimate of drug-likeness (QED) is 0.0758. The largest absolute Gasteiger partial charge is 0.102 e. The van der Waals surface area contributed by atoms with Gasteiger partial charge in [-0.05, 0) is 84.6 Å². The normalized spacial score (nSPS) is 21.5. The summed E-state index contributed by atoms with van der Waals surface area (Å²) in [5.74, 6) is 3.06. The second-order valence-corrected chi connectivity index (χ2v) is 31.7. The molecule has 5 saturated carbocycles. The van der Waals surface area contributed by atoms with Crippen molar-refractivity contribution in [3.63, 3.8) is 0 Å². The van der Waals surface area contributed by atoms with E-state index in [2.05, 4.69) is 279 Å². The van der Waals surface area contributed by atoms with Crippen LogP contribution in [-0.4, -0.2) is 10.0 Å². The van der Waals surface area contributed by atoms with Gasteiger partial charge in [0.25, 0.3) is 0 Å². The number of carbonyl (C=O) groups excluding carboxylic acids is 1. The Morgan fingerprint density at radius 3 is 0.919 bits per heavy atom. The van der Waals surface area contributed by atoms with Crippen LogP contribution in [0.1, 0.15) is 122 Å². The van der Waals surface area contributed by atoms with Crippen molar-refractivity contribution in [2.24, 2.45) is 34.5 Å². The molecule has 1 nitrogen and oxygen atoms in total. The maximum absolute atomic E-state index is 13.9. The predicted octanol–water partition coefficient (Wildman–Crippen LogP) is 19.8. The van der Waals surface area contributed by atoms with Gasteiger partial charge in [0.05, 0.1) is 15.8 Å². The standard InChI is InChI=1S/C25H26O.2C18H15P.C9H16.C5H10.F6P.Ru/c1-5-25(18-12-8-6-9-13-18,19-14-10-7-11-15-19)21-20-16-17-24(4,22(21)26)23(20,2)3;2*1-4-10-16(11-5-1)19(17-12-6-2-7-13-17)18-14-8-3-9-15-18;1-2-5-9-7-3-6-8(9)4-1;1-2-4-5-3-1;1-7(2,3,4,5)6;/h5-15,20-21H,16-17H2,2-4H3;2*1-15H;8-9H,1-7H2;1-5H2;;/q;;;;;-1;+1/p+2. The molecule has 8 aromatic rings. The van der Waals surface area contributed by atoms with E-state index in [0.717, 1.165) is 12.8 Å². The summed E-state index contributed by atoms with van der Waals surface area (Å²) in [7, 11) is -12.4. The number of halogens is 6. The number of benzene rings is 8. The van der Waals surface area contributed by atoms with Gasteiger partial charge in [-0.15, -0.1) is 0 Å². The van der Waals surface area contributed by atoms with E-state index in [1.165, 1.54) is 106 Å². The smallest absolute Gasteiger partial charge is 0.0620 e. The Balaban J connectivity index is 0.000000145. The summed E-state index contributed by atoms with van der Waals surface area (Å²) in [6.07, 6.45) is 22.6. The molecule has 5 aliphatic carbocycles. The average molecular weight is 1310 g/mol. The maximum Gasteiger partial charge on any atom is 0.102 e. The Morgan fingerprint density at radius 1 is 0.419 bits per heavy atom. The molecule has 453 valence electrons. The summed E-state index contributed by atoms with van der Waals surface area (Å²) < 4.78 is 62.4. The maximum atomic E-state index is 13.9. The fraction of sp³-hybridized carbons (Fsp3) is 0.320. The van der Waals surface area contributed by atoms with Crippen LogP contribution in [0.4, 0.5) is 25.2 Å². The Kier molecular flexibility index (Phi) is 23.0. The van der Waals surface area contributed by atoms with Crippen LogP contribution in [0.25, 0.3) is 0 Å². The fourth-order valence-electron chi connectivity index (χ4n) is 14.1. The zero-order valence-electron chi connectivity index (χ0n) is 49.9. The van der Waals surface area contributed by atoms with Crippen LogP contribution in [0.3, 0.4) is 0 Å². The molecule has 2 bridgehead atoms. The third kappa shape index (κ3) is 18.1. The van der Waals surface area contributed by atoms with Crippen LogP contribution < -0.4 is 31.8 Å². The van der Waals surface area contributed by atoms with Crippen molar-refractivity contribution < 1.29 is 47.8 Å². The molecular formula is C75H84F6OP3Ru+2. The Morgan fingerprint density at radius 2 is 0.674 bits per heavy atom. The van der Waals surface area contributed by atoms with Crippen molar-refractivity contribution in [2.45, 2.75) is 116 Å². The van der Waals surface area contributed by atoms with Crippen molar-refractivity contribution in [2.75, 3.05) is 0 Å². The summed E-state index contributed by atoms with van der Waals surface area (Å²) in [5.41, 5.74) is 1.65. The average Bonchev–Trinajstić information content (AvgIpc) is 1.62. The minimum atomic E-state index is -10.7. The van der Waals surface area contributed by atoms with Gasteiger partial charge >= 0.3 is 205 Å². The number of fused-ring (bicyclic) bond motifs is 3. The molecule has 8 aromatic carbocycles. The van der Waals surface area contributed by atoms with Crippen LogP contribution in [0, 0.1) is 34.5 Å². The van der Waals surface area contributed by atoms with E-state index in [-0.39, 0.29) is 16.7 Å². The molecule has 0 radical (unpaired) electrons. The van der Waals surface area contributed by atoms with Crippen molar-refractivity contribution in [1.82, 2.24) is 0 Å². The Bertz CT molecular complexity index is 2980. The minimum Gasteiger partial charge on any atom is -0.0620 e. The van der Waals surface area contributed by atoms with Crippen molar-refractivity contribution in [1.29, 1.82) is 0 Å². The number of rotatable bonds is 10. The van der Waals surface area contributed by atoms with Crippen molar-refractivity contribution in [3.05, 3.63) is 260 Å². The predicted molar refractivity (Wildman–Crippen MR) is 355 cm³/mol. The van der Waals surface area contributed by atoms with E-state index in [0.29, 0.717) is 11.7 Å². The molecule has 5 atom stereocenters. The number of hydrogen-bond acceptors (Lipinski definition) is 1. The third-order valence-corrected chi connectivity index (χ3v) is 24.4. The van der Waals surface area contributed by atoms with Gasteiger partial charge in [-0.1, -0.05) is 186 Å². The molecule has 0 aliphatic heterocycles. The van der Waals surface area contributed by atoms with Crippen LogP contribution in [-0.2, 0) is 28.1 Å². The van der Waals surface area contributed by atoms with Gasteiger partial charge in [-0.25, -0.2) is 0 Å². The molecule has 5 aliphatic rings. The Labute approximate surface area is 520 Å². The summed E-state index contributed by atoms with van der Waals surface area (Å²) in [6.45, 7) is 6.81. The SMILES string of the molecule is C1CCC2CCCC2C1.C1CCCC1.CC12CCC(C(C(C=[C]=[Ru+])(c3ccccc3)c3ccccc3)C1=O)C2(C)C.F[P-](F)(F)(F)(F)F.c1ccc([PH+](c2ccccc2)c2ccccc2)cc1.c1ccc([PH+](c2ccccc2)c2ccccc2)cc1. The van der Waals surface area contributed by atoms with E-state index in [9.17, 15) is 30.0 Å². The third-order valence-electron chi connectivity index (χ3n) is 18.6. The molecule has 86 heavy (non-hydrogen) atoms.